The summed E-state index contributed by atoms with van der Waals surface area (Å²) in [7, 11) is 0. The molecule has 0 aromatic heterocycles. The van der Waals surface area contributed by atoms with Crippen molar-refractivity contribution in [2.45, 2.75) is 13.3 Å². The molecule has 28 heavy (non-hydrogen) atoms. The van der Waals surface area contributed by atoms with Crippen molar-refractivity contribution in [2.75, 3.05) is 25.3 Å². The molecule has 146 valence electrons. The van der Waals surface area contributed by atoms with E-state index >= 15 is 0 Å². The fraction of sp³-hybridized carbons (Fsp3) is 0.250. The molecule has 0 aliphatic carbocycles. The van der Waals surface area contributed by atoms with Crippen LogP contribution in [0.25, 0.3) is 0 Å². The monoisotopic (exact) mass is 385 g/mol. The molecule has 0 unspecified atom stereocenters. The van der Waals surface area contributed by atoms with E-state index < -0.39 is 24.5 Å². The van der Waals surface area contributed by atoms with Gasteiger partial charge in [-0.3, -0.25) is 4.79 Å². The molecule has 0 atom stereocenters. The topological polar surface area (TPSA) is 100 Å². The minimum atomic E-state index is -0.650. The number of amides is 1. The maximum absolute atomic E-state index is 12.1. The number of carbonyl (C=O) groups is 3. The van der Waals surface area contributed by atoms with E-state index in [1.165, 1.54) is 12.1 Å². The average molecular weight is 385 g/mol. The highest BCUT2D eigenvalue weighted by molar-refractivity contribution is 5.96. The minimum Gasteiger partial charge on any atom is -0.462 e. The van der Waals surface area contributed by atoms with Crippen LogP contribution in [0.15, 0.2) is 42.5 Å². The third-order valence-electron chi connectivity index (χ3n) is 3.78. The zero-order valence-electron chi connectivity index (χ0n) is 15.2. The number of fused-ring (bicyclic) bond motifs is 1. The van der Waals surface area contributed by atoms with Gasteiger partial charge in [0.15, 0.2) is 18.1 Å². The smallest absolute Gasteiger partial charge is 0.338 e. The lowest BCUT2D eigenvalue weighted by Gasteiger charge is -2.08. The lowest BCUT2D eigenvalue weighted by molar-refractivity contribution is -0.119. The summed E-state index contributed by atoms with van der Waals surface area (Å²) in [5.74, 6) is -0.567. The molecule has 0 radical (unpaired) electrons. The van der Waals surface area contributed by atoms with Gasteiger partial charge in [-0.05, 0) is 48.9 Å². The number of hydrogen-bond donors (Lipinski definition) is 1. The van der Waals surface area contributed by atoms with Crippen LogP contribution in [0.4, 0.5) is 5.69 Å². The van der Waals surface area contributed by atoms with Crippen molar-refractivity contribution in [3.05, 3.63) is 53.6 Å². The molecular weight excluding hydrogens is 366 g/mol. The Hall–Kier alpha value is -3.55. The van der Waals surface area contributed by atoms with Gasteiger partial charge in [0.1, 0.15) is 0 Å². The Balaban J connectivity index is 1.49. The molecule has 2 aromatic rings. The molecule has 2 aromatic carbocycles. The van der Waals surface area contributed by atoms with E-state index in [1.807, 2.05) is 6.92 Å². The first kappa shape index (κ1) is 19.2. The molecule has 1 heterocycles. The van der Waals surface area contributed by atoms with Crippen molar-refractivity contribution in [3.63, 3.8) is 0 Å². The van der Waals surface area contributed by atoms with Crippen LogP contribution in [0.3, 0.4) is 0 Å². The third kappa shape index (κ3) is 4.79. The van der Waals surface area contributed by atoms with Crippen LogP contribution in [0.1, 0.15) is 34.1 Å². The maximum atomic E-state index is 12.1. The van der Waals surface area contributed by atoms with Crippen molar-refractivity contribution >= 4 is 23.5 Å². The second-order valence-corrected chi connectivity index (χ2v) is 5.91. The largest absolute Gasteiger partial charge is 0.462 e. The Bertz CT molecular complexity index is 877. The van der Waals surface area contributed by atoms with Crippen LogP contribution in [-0.2, 0) is 14.3 Å². The second-order valence-electron chi connectivity index (χ2n) is 5.91. The molecule has 0 bridgehead atoms. The Morgan fingerprint density at radius 3 is 2.36 bits per heavy atom. The van der Waals surface area contributed by atoms with Gasteiger partial charge in [0.2, 0.25) is 6.79 Å². The van der Waals surface area contributed by atoms with E-state index in [1.54, 1.807) is 30.3 Å². The first-order valence-electron chi connectivity index (χ1n) is 8.70. The van der Waals surface area contributed by atoms with Gasteiger partial charge in [-0.15, -0.1) is 0 Å². The number of anilines is 1. The van der Waals surface area contributed by atoms with E-state index in [0.29, 0.717) is 29.4 Å². The zero-order valence-corrected chi connectivity index (χ0v) is 15.2. The van der Waals surface area contributed by atoms with Crippen molar-refractivity contribution in [3.8, 4) is 11.5 Å². The third-order valence-corrected chi connectivity index (χ3v) is 3.78. The standard InChI is InChI=1S/C20H19NO7/c1-2-9-25-19(23)13-3-6-15(7-4-13)21-18(22)11-26-20(24)14-5-8-16-17(10-14)28-12-27-16/h3-8,10H,2,9,11-12H2,1H3,(H,21,22). The lowest BCUT2D eigenvalue weighted by Crippen LogP contribution is -2.21. The summed E-state index contributed by atoms with van der Waals surface area (Å²) in [5, 5.41) is 2.59. The van der Waals surface area contributed by atoms with Crippen LogP contribution in [0.2, 0.25) is 0 Å². The van der Waals surface area contributed by atoms with E-state index in [4.69, 9.17) is 18.9 Å². The number of benzene rings is 2. The number of rotatable bonds is 7. The number of nitrogens with one attached hydrogen (secondary N) is 1. The van der Waals surface area contributed by atoms with E-state index in [9.17, 15) is 14.4 Å². The molecule has 0 fully saturated rings. The Kier molecular flexibility index (Phi) is 6.11. The summed E-state index contributed by atoms with van der Waals surface area (Å²) in [4.78, 5) is 35.8. The summed E-state index contributed by atoms with van der Waals surface area (Å²) < 4.78 is 20.4. The van der Waals surface area contributed by atoms with Crippen LogP contribution in [0.5, 0.6) is 11.5 Å². The molecule has 0 saturated carbocycles. The van der Waals surface area contributed by atoms with Crippen molar-refractivity contribution in [1.29, 1.82) is 0 Å². The van der Waals surface area contributed by atoms with Crippen LogP contribution >= 0.6 is 0 Å². The molecule has 8 nitrogen and oxygen atoms in total. The molecule has 1 aliphatic heterocycles. The van der Waals surface area contributed by atoms with Gasteiger partial charge in [0.05, 0.1) is 17.7 Å². The highest BCUT2D eigenvalue weighted by Crippen LogP contribution is 2.32. The molecular formula is C20H19NO7. The Morgan fingerprint density at radius 2 is 1.61 bits per heavy atom. The highest BCUT2D eigenvalue weighted by atomic mass is 16.7. The Labute approximate surface area is 161 Å². The molecule has 8 heteroatoms. The van der Waals surface area contributed by atoms with Gasteiger partial charge >= 0.3 is 11.9 Å². The summed E-state index contributed by atoms with van der Waals surface area (Å²) in [5.41, 5.74) is 1.11. The SMILES string of the molecule is CCCOC(=O)c1ccc(NC(=O)COC(=O)c2ccc3c(c2)OCO3)cc1. The van der Waals surface area contributed by atoms with Crippen LogP contribution in [-0.4, -0.2) is 37.9 Å². The predicted octanol–water partition coefficient (Wildman–Crippen LogP) is 2.78. The summed E-state index contributed by atoms with van der Waals surface area (Å²) in [6.45, 7) is 1.91. The Morgan fingerprint density at radius 1 is 0.929 bits per heavy atom. The minimum absolute atomic E-state index is 0.103. The van der Waals surface area contributed by atoms with E-state index in [0.717, 1.165) is 6.42 Å². The summed E-state index contributed by atoms with van der Waals surface area (Å²) in [6, 6.07) is 10.9. The first-order chi connectivity index (χ1) is 13.6. The normalized spacial score (nSPS) is 11.6. The first-order valence-corrected chi connectivity index (χ1v) is 8.70. The fourth-order valence-corrected chi connectivity index (χ4v) is 2.40. The van der Waals surface area contributed by atoms with Crippen LogP contribution < -0.4 is 14.8 Å². The van der Waals surface area contributed by atoms with Crippen molar-refractivity contribution in [1.82, 2.24) is 0 Å². The summed E-state index contributed by atoms with van der Waals surface area (Å²) >= 11 is 0. The van der Waals surface area contributed by atoms with Gasteiger partial charge in [-0.1, -0.05) is 6.92 Å². The zero-order chi connectivity index (χ0) is 19.9. The molecule has 1 aliphatic rings. The average Bonchev–Trinajstić information content (AvgIpc) is 3.18. The number of esters is 2. The van der Waals surface area contributed by atoms with Gasteiger partial charge in [-0.25, -0.2) is 9.59 Å². The van der Waals surface area contributed by atoms with Gasteiger partial charge in [-0.2, -0.15) is 0 Å². The van der Waals surface area contributed by atoms with Crippen molar-refractivity contribution < 1.29 is 33.3 Å². The van der Waals surface area contributed by atoms with Crippen molar-refractivity contribution in [2.24, 2.45) is 0 Å². The second kappa shape index (κ2) is 8.90. The molecule has 3 rings (SSSR count). The van der Waals surface area contributed by atoms with Gasteiger partial charge in [0.25, 0.3) is 5.91 Å². The van der Waals surface area contributed by atoms with Gasteiger partial charge in [0, 0.05) is 5.69 Å². The molecule has 0 spiro atoms. The van der Waals surface area contributed by atoms with E-state index in [-0.39, 0.29) is 12.4 Å². The number of ether oxygens (including phenoxy) is 4. The molecule has 1 amide bonds. The predicted molar refractivity (Wildman–Crippen MR) is 98.5 cm³/mol. The lowest BCUT2D eigenvalue weighted by atomic mass is 10.2. The fourth-order valence-electron chi connectivity index (χ4n) is 2.40. The number of carbonyl (C=O) groups excluding carboxylic acids is 3. The quantitative estimate of drug-likeness (QED) is 0.732. The maximum Gasteiger partial charge on any atom is 0.338 e. The highest BCUT2D eigenvalue weighted by Gasteiger charge is 2.17. The van der Waals surface area contributed by atoms with Gasteiger partial charge < -0.3 is 24.3 Å². The summed E-state index contributed by atoms with van der Waals surface area (Å²) in [6.07, 6.45) is 0.741. The molecule has 1 N–H and O–H groups in total. The van der Waals surface area contributed by atoms with Crippen LogP contribution in [0, 0.1) is 0 Å². The van der Waals surface area contributed by atoms with E-state index in [2.05, 4.69) is 5.32 Å². The number of hydrogen-bond acceptors (Lipinski definition) is 7. The molecule has 0 saturated heterocycles.